The predicted molar refractivity (Wildman–Crippen MR) is 160 cm³/mol. The lowest BCUT2D eigenvalue weighted by molar-refractivity contribution is -0.130. The van der Waals surface area contributed by atoms with Crippen molar-refractivity contribution in [2.75, 3.05) is 43.1 Å². The second kappa shape index (κ2) is 12.7. The minimum atomic E-state index is -0.117. The summed E-state index contributed by atoms with van der Waals surface area (Å²) in [5.41, 5.74) is 2.82. The van der Waals surface area contributed by atoms with E-state index in [0.717, 1.165) is 95.0 Å². The highest BCUT2D eigenvalue weighted by atomic mass is 32.1. The molecule has 2 amide bonds. The Morgan fingerprint density at radius 3 is 2.59 bits per heavy atom. The molecule has 5 heterocycles. The summed E-state index contributed by atoms with van der Waals surface area (Å²) in [6.45, 7) is 6.54. The van der Waals surface area contributed by atoms with E-state index in [1.54, 1.807) is 6.92 Å². The third kappa shape index (κ3) is 6.59. The Kier molecular flexibility index (Phi) is 8.57. The predicted octanol–water partition coefficient (Wildman–Crippen LogP) is 5.35. The van der Waals surface area contributed by atoms with Gasteiger partial charge in [0.15, 0.2) is 5.13 Å². The van der Waals surface area contributed by atoms with Crippen LogP contribution in [0.3, 0.4) is 0 Å². The molecule has 0 saturated carbocycles. The van der Waals surface area contributed by atoms with Crippen molar-refractivity contribution in [2.45, 2.75) is 64.1 Å². The number of carbonyl (C=O) groups excluding carboxylic acids is 2. The van der Waals surface area contributed by atoms with Crippen LogP contribution in [-0.2, 0) is 16.1 Å². The van der Waals surface area contributed by atoms with Gasteiger partial charge in [-0.25, -0.2) is 4.98 Å². The van der Waals surface area contributed by atoms with Crippen molar-refractivity contribution in [2.24, 2.45) is 5.92 Å². The van der Waals surface area contributed by atoms with Gasteiger partial charge in [-0.2, -0.15) is 0 Å². The Bertz CT molecular complexity index is 1320. The van der Waals surface area contributed by atoms with E-state index in [-0.39, 0.29) is 24.0 Å². The number of benzene rings is 1. The SMILES string of the molecule is CC(=O)N1CCC(Oc2ccc(N3CCCC3c3csc(NC(=O)c4cccn4CC4CCOCC4)n3)cc2)CC1. The van der Waals surface area contributed by atoms with Crippen molar-refractivity contribution in [3.63, 3.8) is 0 Å². The summed E-state index contributed by atoms with van der Waals surface area (Å²) in [5, 5.41) is 5.75. The molecule has 0 aliphatic carbocycles. The van der Waals surface area contributed by atoms with Crippen LogP contribution in [0.25, 0.3) is 0 Å². The van der Waals surface area contributed by atoms with Crippen molar-refractivity contribution in [1.82, 2.24) is 14.5 Å². The first kappa shape index (κ1) is 27.8. The topological polar surface area (TPSA) is 88.9 Å². The van der Waals surface area contributed by atoms with E-state index < -0.39 is 0 Å². The van der Waals surface area contributed by atoms with Gasteiger partial charge in [-0.15, -0.1) is 11.3 Å². The maximum absolute atomic E-state index is 13.1. The van der Waals surface area contributed by atoms with E-state index in [9.17, 15) is 9.59 Å². The second-order valence-electron chi connectivity index (χ2n) is 11.3. The van der Waals surface area contributed by atoms with Gasteiger partial charge in [0.25, 0.3) is 5.91 Å². The van der Waals surface area contributed by atoms with Crippen LogP contribution < -0.4 is 15.0 Å². The number of hydrogen-bond acceptors (Lipinski definition) is 7. The molecule has 0 spiro atoms. The third-order valence-electron chi connectivity index (χ3n) is 8.55. The number of rotatable bonds is 8. The number of piperidine rings is 1. The molecule has 1 atom stereocenters. The monoisotopic (exact) mass is 577 g/mol. The molecule has 0 bridgehead atoms. The molecule has 218 valence electrons. The molecular weight excluding hydrogens is 538 g/mol. The van der Waals surface area contributed by atoms with Gasteiger partial charge in [-0.3, -0.25) is 14.9 Å². The molecule has 2 aromatic heterocycles. The highest BCUT2D eigenvalue weighted by molar-refractivity contribution is 7.14. The van der Waals surface area contributed by atoms with Gasteiger partial charge in [-0.05, 0) is 68.0 Å². The summed E-state index contributed by atoms with van der Waals surface area (Å²) >= 11 is 1.48. The van der Waals surface area contributed by atoms with Crippen molar-refractivity contribution in [1.29, 1.82) is 0 Å². The van der Waals surface area contributed by atoms with E-state index in [1.165, 1.54) is 11.3 Å². The van der Waals surface area contributed by atoms with Gasteiger partial charge in [-0.1, -0.05) is 0 Å². The van der Waals surface area contributed by atoms with Crippen LogP contribution in [0.15, 0.2) is 48.0 Å². The van der Waals surface area contributed by atoms with Crippen molar-refractivity contribution >= 4 is 34.0 Å². The van der Waals surface area contributed by atoms with Gasteiger partial charge >= 0.3 is 0 Å². The summed E-state index contributed by atoms with van der Waals surface area (Å²) in [5.74, 6) is 1.42. The molecule has 1 unspecified atom stereocenters. The fourth-order valence-corrected chi connectivity index (χ4v) is 6.98. The lowest BCUT2D eigenvalue weighted by atomic mass is 10.0. The molecule has 3 saturated heterocycles. The third-order valence-corrected chi connectivity index (χ3v) is 9.33. The highest BCUT2D eigenvalue weighted by Gasteiger charge is 2.29. The molecule has 1 aromatic carbocycles. The zero-order chi connectivity index (χ0) is 28.2. The number of amides is 2. The molecule has 3 fully saturated rings. The molecule has 6 rings (SSSR count). The van der Waals surface area contributed by atoms with Gasteiger partial charge in [0.2, 0.25) is 5.91 Å². The Morgan fingerprint density at radius 1 is 1.05 bits per heavy atom. The zero-order valence-electron chi connectivity index (χ0n) is 23.7. The molecule has 3 aliphatic rings. The second-order valence-corrected chi connectivity index (χ2v) is 12.2. The number of nitrogens with zero attached hydrogens (tertiary/aromatic N) is 4. The number of anilines is 2. The normalized spacial score (nSPS) is 20.4. The minimum Gasteiger partial charge on any atom is -0.490 e. The number of ether oxygens (including phenoxy) is 2. The van der Waals surface area contributed by atoms with Crippen LogP contribution >= 0.6 is 11.3 Å². The van der Waals surface area contributed by atoms with E-state index in [4.69, 9.17) is 14.5 Å². The average Bonchev–Trinajstić information content (AvgIpc) is 3.76. The first-order valence-corrected chi connectivity index (χ1v) is 15.7. The fourth-order valence-electron chi connectivity index (χ4n) is 6.22. The standard InChI is InChI=1S/C31H39N5O4S/c1-22(37)34-16-10-26(11-17-34)40-25-8-6-24(7-9-25)36-15-3-4-28(36)27-21-41-31(32-27)33-30(38)29-5-2-14-35(29)20-23-12-18-39-19-13-23/h2,5-9,14,21,23,26,28H,3-4,10-13,15-20H2,1H3,(H,32,33,38). The van der Waals surface area contributed by atoms with E-state index in [2.05, 4.69) is 32.3 Å². The van der Waals surface area contributed by atoms with E-state index in [1.807, 2.05) is 35.4 Å². The molecule has 3 aliphatic heterocycles. The van der Waals surface area contributed by atoms with Crippen molar-refractivity contribution < 1.29 is 19.1 Å². The first-order chi connectivity index (χ1) is 20.0. The fraction of sp³-hybridized carbons (Fsp3) is 0.516. The summed E-state index contributed by atoms with van der Waals surface area (Å²) in [7, 11) is 0. The number of carbonyl (C=O) groups is 2. The Labute approximate surface area is 245 Å². The van der Waals surface area contributed by atoms with Crippen LogP contribution in [0.5, 0.6) is 5.75 Å². The largest absolute Gasteiger partial charge is 0.490 e. The van der Waals surface area contributed by atoms with Crippen LogP contribution in [0.2, 0.25) is 0 Å². The first-order valence-electron chi connectivity index (χ1n) is 14.8. The minimum absolute atomic E-state index is 0.117. The Balaban J connectivity index is 1.05. The number of nitrogens with one attached hydrogen (secondary N) is 1. The molecule has 41 heavy (non-hydrogen) atoms. The number of likely N-dealkylation sites (tertiary alicyclic amines) is 1. The van der Waals surface area contributed by atoms with Crippen molar-refractivity contribution in [3.05, 3.63) is 59.4 Å². The molecule has 10 heteroatoms. The van der Waals surface area contributed by atoms with Crippen LogP contribution in [0.1, 0.15) is 67.7 Å². The maximum atomic E-state index is 13.1. The number of aromatic nitrogens is 2. The van der Waals surface area contributed by atoms with Crippen LogP contribution in [0.4, 0.5) is 10.8 Å². The number of thiazole rings is 1. The lowest BCUT2D eigenvalue weighted by Crippen LogP contribution is -2.40. The molecular formula is C31H39N5O4S. The average molecular weight is 578 g/mol. The highest BCUT2D eigenvalue weighted by Crippen LogP contribution is 2.38. The summed E-state index contributed by atoms with van der Waals surface area (Å²) in [4.78, 5) is 33.9. The summed E-state index contributed by atoms with van der Waals surface area (Å²) in [6, 6.07) is 12.3. The zero-order valence-corrected chi connectivity index (χ0v) is 24.5. The lowest BCUT2D eigenvalue weighted by Gasteiger charge is -2.31. The Hall–Kier alpha value is -3.37. The van der Waals surface area contributed by atoms with Gasteiger partial charge in [0, 0.05) is 76.4 Å². The van der Waals surface area contributed by atoms with Gasteiger partial charge < -0.3 is 23.8 Å². The number of hydrogen-bond donors (Lipinski definition) is 1. The summed E-state index contributed by atoms with van der Waals surface area (Å²) < 4.78 is 13.8. The van der Waals surface area contributed by atoms with Crippen LogP contribution in [-0.4, -0.2) is 65.2 Å². The molecule has 9 nitrogen and oxygen atoms in total. The Morgan fingerprint density at radius 2 is 1.83 bits per heavy atom. The molecule has 3 aromatic rings. The van der Waals surface area contributed by atoms with E-state index >= 15 is 0 Å². The molecule has 0 radical (unpaired) electrons. The van der Waals surface area contributed by atoms with E-state index in [0.29, 0.717) is 16.7 Å². The van der Waals surface area contributed by atoms with Crippen LogP contribution in [0, 0.1) is 5.92 Å². The smallest absolute Gasteiger partial charge is 0.274 e. The van der Waals surface area contributed by atoms with Crippen molar-refractivity contribution in [3.8, 4) is 5.75 Å². The maximum Gasteiger partial charge on any atom is 0.274 e. The van der Waals surface area contributed by atoms with Gasteiger partial charge in [0.05, 0.1) is 11.7 Å². The van der Waals surface area contributed by atoms with Gasteiger partial charge in [0.1, 0.15) is 17.5 Å². The molecule has 1 N–H and O–H groups in total. The summed E-state index contributed by atoms with van der Waals surface area (Å²) in [6.07, 6.45) is 8.04. The quantitative estimate of drug-likeness (QED) is 0.388.